The highest BCUT2D eigenvalue weighted by molar-refractivity contribution is 5.88. The van der Waals surface area contributed by atoms with Crippen molar-refractivity contribution in [2.45, 2.75) is 6.92 Å². The van der Waals surface area contributed by atoms with Crippen LogP contribution >= 0.6 is 0 Å². The quantitative estimate of drug-likeness (QED) is 0.730. The van der Waals surface area contributed by atoms with Gasteiger partial charge in [0.25, 0.3) is 0 Å². The summed E-state index contributed by atoms with van der Waals surface area (Å²) in [5, 5.41) is 13.4. The molecule has 1 aromatic heterocycles. The van der Waals surface area contributed by atoms with E-state index in [0.29, 0.717) is 17.1 Å². The number of carbonyl (C=O) groups is 1. The molecule has 0 unspecified atom stereocenters. The third-order valence-corrected chi connectivity index (χ3v) is 3.90. The van der Waals surface area contributed by atoms with Crippen LogP contribution in [0.1, 0.15) is 16.1 Å². The summed E-state index contributed by atoms with van der Waals surface area (Å²) in [6.07, 6.45) is 1.45. The van der Waals surface area contributed by atoms with Crippen LogP contribution in [0.3, 0.4) is 0 Å². The van der Waals surface area contributed by atoms with E-state index in [1.807, 2.05) is 36.4 Å². The largest absolute Gasteiger partial charge is 0.497 e. The molecule has 0 aliphatic heterocycles. The number of rotatable bonds is 4. The molecule has 3 aromatic rings. The van der Waals surface area contributed by atoms with Gasteiger partial charge in [-0.2, -0.15) is 5.10 Å². The average molecular weight is 333 g/mol. The third-order valence-electron chi connectivity index (χ3n) is 3.90. The van der Waals surface area contributed by atoms with Crippen molar-refractivity contribution in [3.63, 3.8) is 0 Å². The second-order valence-electron chi connectivity index (χ2n) is 5.42. The maximum atomic E-state index is 11.2. The fraction of sp³-hybridized carbons (Fsp3) is 0.105. The molecule has 0 aliphatic rings. The number of ether oxygens (including phenoxy) is 1. The Morgan fingerprint density at radius 3 is 2.52 bits per heavy atom. The van der Waals surface area contributed by atoms with Crippen molar-refractivity contribution >= 4 is 11.7 Å². The molecule has 0 radical (unpaired) electrons. The molecule has 0 atom stereocenters. The topological polar surface area (TPSA) is 68.7 Å². The minimum atomic E-state index is -1.02. The molecule has 6 nitrogen and oxygen atoms in total. The Labute approximate surface area is 144 Å². The zero-order valence-corrected chi connectivity index (χ0v) is 13.7. The maximum absolute atomic E-state index is 11.2. The summed E-state index contributed by atoms with van der Waals surface area (Å²) >= 11 is 0. The SMILES string of the molecule is [C-]#[N+]c1cc(-n2cc(C(=O)O)c(C)n2)ccc1-c1ccc(OC)cc1. The molecule has 0 saturated carbocycles. The average Bonchev–Trinajstić information content (AvgIpc) is 3.03. The molecule has 0 amide bonds. The zero-order valence-electron chi connectivity index (χ0n) is 13.7. The fourth-order valence-corrected chi connectivity index (χ4v) is 2.57. The van der Waals surface area contributed by atoms with Crippen LogP contribution in [-0.2, 0) is 0 Å². The number of aryl methyl sites for hydroxylation is 1. The molecular weight excluding hydrogens is 318 g/mol. The van der Waals surface area contributed by atoms with Crippen molar-refractivity contribution in [1.29, 1.82) is 0 Å². The maximum Gasteiger partial charge on any atom is 0.339 e. The first-order valence-electron chi connectivity index (χ1n) is 7.49. The van der Waals surface area contributed by atoms with Crippen molar-refractivity contribution in [3.05, 3.63) is 71.3 Å². The molecule has 0 bridgehead atoms. The van der Waals surface area contributed by atoms with E-state index in [1.165, 1.54) is 10.9 Å². The van der Waals surface area contributed by atoms with Crippen LogP contribution in [0, 0.1) is 13.5 Å². The van der Waals surface area contributed by atoms with Gasteiger partial charge < -0.3 is 9.84 Å². The van der Waals surface area contributed by atoms with Gasteiger partial charge in [-0.3, -0.25) is 0 Å². The van der Waals surface area contributed by atoms with Crippen molar-refractivity contribution in [3.8, 4) is 22.6 Å². The highest BCUT2D eigenvalue weighted by atomic mass is 16.5. The van der Waals surface area contributed by atoms with E-state index < -0.39 is 5.97 Å². The second kappa shape index (κ2) is 6.49. The van der Waals surface area contributed by atoms with Gasteiger partial charge in [-0.15, -0.1) is 0 Å². The van der Waals surface area contributed by atoms with Crippen LogP contribution in [-0.4, -0.2) is 28.0 Å². The van der Waals surface area contributed by atoms with E-state index in [4.69, 9.17) is 16.4 Å². The van der Waals surface area contributed by atoms with Crippen LogP contribution in [0.5, 0.6) is 5.75 Å². The number of hydrogen-bond donors (Lipinski definition) is 1. The van der Waals surface area contributed by atoms with Gasteiger partial charge in [-0.1, -0.05) is 18.2 Å². The predicted octanol–water partition coefficient (Wildman–Crippen LogP) is 4.11. The lowest BCUT2D eigenvalue weighted by Gasteiger charge is -2.08. The molecular formula is C19H15N3O3. The number of nitrogens with zero attached hydrogens (tertiary/aromatic N) is 3. The second-order valence-corrected chi connectivity index (χ2v) is 5.42. The van der Waals surface area contributed by atoms with Crippen molar-refractivity contribution in [2.75, 3.05) is 7.11 Å². The number of hydrogen-bond acceptors (Lipinski definition) is 3. The minimum absolute atomic E-state index is 0.142. The first-order valence-corrected chi connectivity index (χ1v) is 7.49. The van der Waals surface area contributed by atoms with Gasteiger partial charge in [0, 0.05) is 6.20 Å². The summed E-state index contributed by atoms with van der Waals surface area (Å²) in [5.41, 5.74) is 3.37. The first kappa shape index (κ1) is 16.3. The molecule has 0 saturated heterocycles. The number of aromatic carboxylic acids is 1. The van der Waals surface area contributed by atoms with Gasteiger partial charge in [-0.05, 0) is 42.3 Å². The van der Waals surface area contributed by atoms with Gasteiger partial charge >= 0.3 is 5.97 Å². The number of carboxylic acids is 1. The van der Waals surface area contributed by atoms with Crippen LogP contribution < -0.4 is 4.74 Å². The highest BCUT2D eigenvalue weighted by Gasteiger charge is 2.14. The monoisotopic (exact) mass is 333 g/mol. The van der Waals surface area contributed by atoms with Gasteiger partial charge in [0.05, 0.1) is 25.1 Å². The number of carboxylic acid groups (broad SMARTS) is 1. The normalized spacial score (nSPS) is 10.3. The summed E-state index contributed by atoms with van der Waals surface area (Å²) in [4.78, 5) is 14.8. The summed E-state index contributed by atoms with van der Waals surface area (Å²) in [5.74, 6) is -0.276. The van der Waals surface area contributed by atoms with Gasteiger partial charge in [0.15, 0.2) is 5.69 Å². The Morgan fingerprint density at radius 1 is 1.24 bits per heavy atom. The number of methoxy groups -OCH3 is 1. The van der Waals surface area contributed by atoms with E-state index in [-0.39, 0.29) is 5.56 Å². The standard InChI is InChI=1S/C19H15N3O3/c1-12-17(19(23)24)11-22(21-12)14-6-9-16(18(10-14)20-2)13-4-7-15(25-3)8-5-13/h4-11H,1,3H3,(H,23,24). The summed E-state index contributed by atoms with van der Waals surface area (Å²) in [6, 6.07) is 12.8. The predicted molar refractivity (Wildman–Crippen MR) is 93.5 cm³/mol. The third kappa shape index (κ3) is 3.08. The highest BCUT2D eigenvalue weighted by Crippen LogP contribution is 2.33. The molecule has 0 aliphatic carbocycles. The Balaban J connectivity index is 2.04. The zero-order chi connectivity index (χ0) is 18.0. The molecule has 25 heavy (non-hydrogen) atoms. The lowest BCUT2D eigenvalue weighted by Crippen LogP contribution is -1.96. The number of aromatic nitrogens is 2. The Bertz CT molecular complexity index is 982. The molecule has 6 heteroatoms. The van der Waals surface area contributed by atoms with Crippen LogP contribution in [0.15, 0.2) is 48.7 Å². The van der Waals surface area contributed by atoms with E-state index in [0.717, 1.165) is 16.9 Å². The molecule has 0 fully saturated rings. The summed E-state index contributed by atoms with van der Waals surface area (Å²) < 4.78 is 6.63. The Kier molecular flexibility index (Phi) is 4.23. The Hall–Kier alpha value is -3.59. The first-order chi connectivity index (χ1) is 12.0. The molecule has 1 heterocycles. The molecule has 3 rings (SSSR count). The number of benzene rings is 2. The van der Waals surface area contributed by atoms with Crippen molar-refractivity contribution < 1.29 is 14.6 Å². The van der Waals surface area contributed by atoms with E-state index >= 15 is 0 Å². The van der Waals surface area contributed by atoms with Gasteiger partial charge in [0.2, 0.25) is 0 Å². The lowest BCUT2D eigenvalue weighted by molar-refractivity contribution is 0.0696. The van der Waals surface area contributed by atoms with E-state index in [1.54, 1.807) is 20.1 Å². The molecule has 2 aromatic carbocycles. The van der Waals surface area contributed by atoms with E-state index in [2.05, 4.69) is 9.94 Å². The van der Waals surface area contributed by atoms with Gasteiger partial charge in [0.1, 0.15) is 11.3 Å². The smallest absolute Gasteiger partial charge is 0.339 e. The Morgan fingerprint density at radius 2 is 1.96 bits per heavy atom. The summed E-state index contributed by atoms with van der Waals surface area (Å²) in [6.45, 7) is 9.10. The van der Waals surface area contributed by atoms with Crippen LogP contribution in [0.25, 0.3) is 21.7 Å². The van der Waals surface area contributed by atoms with Crippen LogP contribution in [0.2, 0.25) is 0 Å². The van der Waals surface area contributed by atoms with Gasteiger partial charge in [-0.25, -0.2) is 14.3 Å². The molecule has 1 N–H and O–H groups in total. The minimum Gasteiger partial charge on any atom is -0.497 e. The lowest BCUT2D eigenvalue weighted by atomic mass is 10.0. The molecule has 124 valence electrons. The summed E-state index contributed by atoms with van der Waals surface area (Å²) in [7, 11) is 1.60. The van der Waals surface area contributed by atoms with Crippen molar-refractivity contribution in [1.82, 2.24) is 9.78 Å². The fourth-order valence-electron chi connectivity index (χ4n) is 2.57. The van der Waals surface area contributed by atoms with Crippen LogP contribution in [0.4, 0.5) is 5.69 Å². The van der Waals surface area contributed by atoms with E-state index in [9.17, 15) is 4.79 Å². The molecule has 0 spiro atoms. The van der Waals surface area contributed by atoms with Crippen molar-refractivity contribution in [2.24, 2.45) is 0 Å².